The molecule has 0 saturated carbocycles. The fourth-order valence-electron chi connectivity index (χ4n) is 2.93. The van der Waals surface area contributed by atoms with Gasteiger partial charge >= 0.3 is 12.1 Å². The predicted octanol–water partition coefficient (Wildman–Crippen LogP) is 5.23. The van der Waals surface area contributed by atoms with E-state index in [4.69, 9.17) is 21.1 Å². The van der Waals surface area contributed by atoms with Gasteiger partial charge in [-0.05, 0) is 37.1 Å². The van der Waals surface area contributed by atoms with E-state index >= 15 is 0 Å². The summed E-state index contributed by atoms with van der Waals surface area (Å²) in [5.41, 5.74) is 2.40. The first kappa shape index (κ1) is 21.4. The number of carbonyl (C=O) groups is 2. The Bertz CT molecular complexity index is 1050. The Morgan fingerprint density at radius 2 is 1.93 bits per heavy atom. The molecular weight excluding hydrogens is 406 g/mol. The largest absolute Gasteiger partial charge is 0.462 e. The molecule has 0 fully saturated rings. The standard InChI is InChI=1S/C22H22ClN3O4/c1-4-29-21(27)17-12-16(10-11-19(17)23)18-13-24-26(3)20(18)25-22(28)30-14(2)15-8-6-5-7-9-15/h5-14H,4H2,1-3H3,(H,25,28)/t14-/m1/s1. The third kappa shape index (κ3) is 4.80. The van der Waals surface area contributed by atoms with E-state index in [2.05, 4.69) is 10.4 Å². The first-order valence-electron chi connectivity index (χ1n) is 9.42. The Morgan fingerprint density at radius 1 is 1.20 bits per heavy atom. The van der Waals surface area contributed by atoms with Crippen molar-refractivity contribution in [1.82, 2.24) is 9.78 Å². The van der Waals surface area contributed by atoms with Gasteiger partial charge in [0.25, 0.3) is 0 Å². The Balaban J connectivity index is 1.82. The van der Waals surface area contributed by atoms with E-state index in [0.29, 0.717) is 16.9 Å². The van der Waals surface area contributed by atoms with Crippen LogP contribution in [0.4, 0.5) is 10.6 Å². The molecule has 0 bridgehead atoms. The van der Waals surface area contributed by atoms with Crippen LogP contribution in [0.3, 0.4) is 0 Å². The predicted molar refractivity (Wildman–Crippen MR) is 115 cm³/mol. The molecule has 0 spiro atoms. The van der Waals surface area contributed by atoms with E-state index in [9.17, 15) is 9.59 Å². The van der Waals surface area contributed by atoms with Crippen molar-refractivity contribution in [2.24, 2.45) is 7.05 Å². The Morgan fingerprint density at radius 3 is 2.63 bits per heavy atom. The number of aryl methyl sites for hydroxylation is 1. The Labute approximate surface area is 179 Å². The minimum Gasteiger partial charge on any atom is -0.462 e. The molecule has 156 valence electrons. The number of aromatic nitrogens is 2. The number of hydrogen-bond acceptors (Lipinski definition) is 5. The summed E-state index contributed by atoms with van der Waals surface area (Å²) in [5, 5.41) is 7.23. The number of esters is 1. The summed E-state index contributed by atoms with van der Waals surface area (Å²) in [4.78, 5) is 24.6. The van der Waals surface area contributed by atoms with Gasteiger partial charge in [0.2, 0.25) is 0 Å². The maximum atomic E-state index is 12.5. The highest BCUT2D eigenvalue weighted by molar-refractivity contribution is 6.33. The van der Waals surface area contributed by atoms with Crippen molar-refractivity contribution in [3.8, 4) is 11.1 Å². The van der Waals surface area contributed by atoms with E-state index in [1.807, 2.05) is 30.3 Å². The van der Waals surface area contributed by atoms with Gasteiger partial charge in [0.15, 0.2) is 0 Å². The molecule has 30 heavy (non-hydrogen) atoms. The van der Waals surface area contributed by atoms with Crippen LogP contribution in [0, 0.1) is 0 Å². The molecule has 0 aliphatic rings. The molecule has 3 aromatic rings. The van der Waals surface area contributed by atoms with Gasteiger partial charge < -0.3 is 9.47 Å². The van der Waals surface area contributed by atoms with Crippen molar-refractivity contribution >= 4 is 29.5 Å². The molecule has 0 aliphatic heterocycles. The van der Waals surface area contributed by atoms with Crippen LogP contribution >= 0.6 is 11.6 Å². The molecule has 1 amide bonds. The first-order chi connectivity index (χ1) is 14.4. The average molecular weight is 428 g/mol. The number of halogens is 1. The lowest BCUT2D eigenvalue weighted by molar-refractivity contribution is 0.0526. The van der Waals surface area contributed by atoms with Crippen LogP contribution in [-0.4, -0.2) is 28.4 Å². The third-order valence-electron chi connectivity index (χ3n) is 4.48. The first-order valence-corrected chi connectivity index (χ1v) is 9.80. The number of benzene rings is 2. The fourth-order valence-corrected chi connectivity index (χ4v) is 3.13. The molecule has 1 heterocycles. The minimum absolute atomic E-state index is 0.241. The van der Waals surface area contributed by atoms with Crippen molar-refractivity contribution in [3.63, 3.8) is 0 Å². The lowest BCUT2D eigenvalue weighted by Gasteiger charge is -2.15. The second kappa shape index (κ2) is 9.45. The molecule has 0 unspecified atom stereocenters. The monoisotopic (exact) mass is 427 g/mol. The van der Waals surface area contributed by atoms with Crippen LogP contribution in [0.25, 0.3) is 11.1 Å². The maximum Gasteiger partial charge on any atom is 0.413 e. The average Bonchev–Trinajstić information content (AvgIpc) is 3.09. The minimum atomic E-state index is -0.615. The molecular formula is C22H22ClN3O4. The zero-order valence-electron chi connectivity index (χ0n) is 16.9. The molecule has 1 aromatic heterocycles. The van der Waals surface area contributed by atoms with E-state index in [1.54, 1.807) is 45.3 Å². The highest BCUT2D eigenvalue weighted by atomic mass is 35.5. The molecule has 1 N–H and O–H groups in total. The van der Waals surface area contributed by atoms with Crippen molar-refractivity contribution < 1.29 is 19.1 Å². The number of nitrogens with zero attached hydrogens (tertiary/aromatic N) is 2. The van der Waals surface area contributed by atoms with Crippen molar-refractivity contribution in [1.29, 1.82) is 0 Å². The zero-order chi connectivity index (χ0) is 21.7. The van der Waals surface area contributed by atoms with Gasteiger partial charge in [0, 0.05) is 12.6 Å². The Hall–Kier alpha value is -3.32. The van der Waals surface area contributed by atoms with Gasteiger partial charge in [0.05, 0.1) is 23.4 Å². The van der Waals surface area contributed by atoms with Crippen molar-refractivity contribution in [2.45, 2.75) is 20.0 Å². The van der Waals surface area contributed by atoms with Crippen LogP contribution in [0.5, 0.6) is 0 Å². The van der Waals surface area contributed by atoms with Gasteiger partial charge in [-0.25, -0.2) is 9.59 Å². The summed E-state index contributed by atoms with van der Waals surface area (Å²) in [5.74, 6) is -0.0868. The zero-order valence-corrected chi connectivity index (χ0v) is 17.6. The molecule has 7 nitrogen and oxygen atoms in total. The lowest BCUT2D eigenvalue weighted by atomic mass is 10.1. The number of carbonyl (C=O) groups excluding carboxylic acids is 2. The SMILES string of the molecule is CCOC(=O)c1cc(-c2cnn(C)c2NC(=O)O[C@H](C)c2ccccc2)ccc1Cl. The highest BCUT2D eigenvalue weighted by Crippen LogP contribution is 2.31. The number of amides is 1. The molecule has 0 aliphatic carbocycles. The summed E-state index contributed by atoms with van der Waals surface area (Å²) in [6.07, 6.45) is 0.554. The van der Waals surface area contributed by atoms with Gasteiger partial charge in [-0.2, -0.15) is 5.10 Å². The topological polar surface area (TPSA) is 82.5 Å². The Kier molecular flexibility index (Phi) is 6.74. The van der Waals surface area contributed by atoms with E-state index in [0.717, 1.165) is 5.56 Å². The van der Waals surface area contributed by atoms with Crippen molar-refractivity contribution in [3.05, 3.63) is 70.9 Å². The molecule has 0 radical (unpaired) electrons. The van der Waals surface area contributed by atoms with Gasteiger partial charge in [-0.3, -0.25) is 10.00 Å². The quantitative estimate of drug-likeness (QED) is 0.545. The van der Waals surface area contributed by atoms with Crippen LogP contribution < -0.4 is 5.32 Å². The van der Waals surface area contributed by atoms with Crippen LogP contribution in [0.15, 0.2) is 54.7 Å². The number of hydrogen-bond donors (Lipinski definition) is 1. The van der Waals surface area contributed by atoms with E-state index in [-0.39, 0.29) is 17.2 Å². The number of nitrogens with one attached hydrogen (secondary N) is 1. The van der Waals surface area contributed by atoms with E-state index < -0.39 is 18.2 Å². The number of ether oxygens (including phenoxy) is 2. The smallest absolute Gasteiger partial charge is 0.413 e. The van der Waals surface area contributed by atoms with Crippen LogP contribution in [-0.2, 0) is 16.5 Å². The summed E-state index contributed by atoms with van der Waals surface area (Å²) >= 11 is 6.15. The molecule has 3 rings (SSSR count). The van der Waals surface area contributed by atoms with Crippen LogP contribution in [0.1, 0.15) is 35.9 Å². The fraction of sp³-hybridized carbons (Fsp3) is 0.227. The summed E-state index contributed by atoms with van der Waals surface area (Å²) in [6.45, 7) is 3.76. The van der Waals surface area contributed by atoms with Gasteiger partial charge in [0.1, 0.15) is 11.9 Å². The molecule has 8 heteroatoms. The lowest BCUT2D eigenvalue weighted by Crippen LogP contribution is -2.18. The maximum absolute atomic E-state index is 12.5. The van der Waals surface area contributed by atoms with Crippen molar-refractivity contribution in [2.75, 3.05) is 11.9 Å². The highest BCUT2D eigenvalue weighted by Gasteiger charge is 2.19. The molecule has 1 atom stereocenters. The number of anilines is 1. The summed E-state index contributed by atoms with van der Waals surface area (Å²) < 4.78 is 12.0. The normalized spacial score (nSPS) is 11.6. The second-order valence-corrected chi connectivity index (χ2v) is 6.94. The second-order valence-electron chi connectivity index (χ2n) is 6.53. The summed E-state index contributed by atoms with van der Waals surface area (Å²) in [6, 6.07) is 14.4. The summed E-state index contributed by atoms with van der Waals surface area (Å²) in [7, 11) is 1.70. The number of rotatable bonds is 6. The molecule has 2 aromatic carbocycles. The van der Waals surface area contributed by atoms with E-state index in [1.165, 1.54) is 4.68 Å². The van der Waals surface area contributed by atoms with Gasteiger partial charge in [-0.15, -0.1) is 0 Å². The van der Waals surface area contributed by atoms with Crippen LogP contribution in [0.2, 0.25) is 5.02 Å². The van der Waals surface area contributed by atoms with Gasteiger partial charge in [-0.1, -0.05) is 48.0 Å². The third-order valence-corrected chi connectivity index (χ3v) is 4.81. The molecule has 0 saturated heterocycles.